The number of carbonyl (C=O) groups excluding carboxylic acids is 1. The summed E-state index contributed by atoms with van der Waals surface area (Å²) < 4.78 is 0. The predicted molar refractivity (Wildman–Crippen MR) is 121 cm³/mol. The van der Waals surface area contributed by atoms with Crippen molar-refractivity contribution < 1.29 is 4.79 Å². The number of rotatable bonds is 6. The highest BCUT2D eigenvalue weighted by molar-refractivity contribution is 7.98. The van der Waals surface area contributed by atoms with E-state index in [4.69, 9.17) is 16.6 Å². The molecule has 29 heavy (non-hydrogen) atoms. The van der Waals surface area contributed by atoms with E-state index in [0.29, 0.717) is 15.9 Å². The topological polar surface area (TPSA) is 61.9 Å². The number of hydrogen-bond acceptors (Lipinski definition) is 5. The van der Waals surface area contributed by atoms with Crippen molar-refractivity contribution in [3.8, 4) is 0 Å². The second-order valence-electron chi connectivity index (χ2n) is 6.45. The van der Waals surface area contributed by atoms with Crippen LogP contribution >= 0.6 is 34.7 Å². The number of H-pyrrole nitrogens is 1. The molecule has 0 spiro atoms. The maximum atomic E-state index is 12.4. The Labute approximate surface area is 182 Å². The van der Waals surface area contributed by atoms with Gasteiger partial charge in [0.2, 0.25) is 5.91 Å². The molecule has 148 valence electrons. The quantitative estimate of drug-likeness (QED) is 0.360. The van der Waals surface area contributed by atoms with Crippen molar-refractivity contribution in [3.63, 3.8) is 0 Å². The number of aromatic nitrogens is 3. The lowest BCUT2D eigenvalue weighted by Crippen LogP contribution is -2.23. The third kappa shape index (κ3) is 4.32. The van der Waals surface area contributed by atoms with Gasteiger partial charge < -0.3 is 4.98 Å². The summed E-state index contributed by atoms with van der Waals surface area (Å²) in [5.74, 6) is 0.610. The van der Waals surface area contributed by atoms with Crippen LogP contribution in [0.4, 0.5) is 10.8 Å². The second kappa shape index (κ2) is 8.57. The number of imidazole rings is 1. The predicted octanol–water partition coefficient (Wildman–Crippen LogP) is 6.21. The highest BCUT2D eigenvalue weighted by Gasteiger charge is 2.20. The van der Waals surface area contributed by atoms with E-state index in [1.54, 1.807) is 23.6 Å². The number of amides is 1. The van der Waals surface area contributed by atoms with Crippen molar-refractivity contribution in [2.45, 2.75) is 31.2 Å². The third-order valence-electron chi connectivity index (χ3n) is 4.44. The van der Waals surface area contributed by atoms with Gasteiger partial charge in [-0.05, 0) is 36.2 Å². The molecular formula is C21H19ClN4OS2. The summed E-state index contributed by atoms with van der Waals surface area (Å²) in [6, 6.07) is 13.5. The Hall–Kier alpha value is -2.35. The van der Waals surface area contributed by atoms with Crippen molar-refractivity contribution in [3.05, 3.63) is 64.1 Å². The van der Waals surface area contributed by atoms with Crippen LogP contribution in [0, 0.1) is 0 Å². The zero-order chi connectivity index (χ0) is 20.4. The standard InChI is InChI=1S/C21H19ClN4OS2/c1-3-14-6-4-5-7-19(14)26(13(2)27)21-23-16(12-29-21)11-28-20-24-17-9-8-15(22)10-18(17)25-20/h4-10,12H,3,11H2,1-2H3,(H,24,25). The van der Waals surface area contributed by atoms with Crippen molar-refractivity contribution in [1.29, 1.82) is 0 Å². The van der Waals surface area contributed by atoms with Gasteiger partial charge >= 0.3 is 0 Å². The number of thioether (sulfide) groups is 1. The number of nitrogens with zero attached hydrogens (tertiary/aromatic N) is 3. The molecule has 0 saturated heterocycles. The van der Waals surface area contributed by atoms with Crippen LogP contribution in [0.1, 0.15) is 25.1 Å². The number of anilines is 2. The van der Waals surface area contributed by atoms with Crippen LogP contribution in [0.5, 0.6) is 0 Å². The molecule has 4 aromatic rings. The largest absolute Gasteiger partial charge is 0.333 e. The van der Waals surface area contributed by atoms with E-state index in [0.717, 1.165) is 39.6 Å². The Kier molecular flexibility index (Phi) is 5.89. The first kappa shape index (κ1) is 19.9. The number of aromatic amines is 1. The van der Waals surface area contributed by atoms with Crippen molar-refractivity contribution in [1.82, 2.24) is 15.0 Å². The molecule has 0 aliphatic rings. The lowest BCUT2D eigenvalue weighted by Gasteiger charge is -2.20. The van der Waals surface area contributed by atoms with Crippen molar-refractivity contribution in [2.24, 2.45) is 0 Å². The summed E-state index contributed by atoms with van der Waals surface area (Å²) in [6.45, 7) is 3.66. The molecule has 8 heteroatoms. The number of nitrogens with one attached hydrogen (secondary N) is 1. The van der Waals surface area contributed by atoms with Crippen molar-refractivity contribution in [2.75, 3.05) is 4.90 Å². The SMILES string of the molecule is CCc1ccccc1N(C(C)=O)c1nc(CSc2nc3ccc(Cl)cc3[nH]2)cs1. The lowest BCUT2D eigenvalue weighted by molar-refractivity contribution is -0.115. The Balaban J connectivity index is 1.53. The van der Waals surface area contributed by atoms with E-state index >= 15 is 0 Å². The molecule has 0 aliphatic heterocycles. The molecule has 4 rings (SSSR count). The number of carbonyl (C=O) groups is 1. The maximum Gasteiger partial charge on any atom is 0.230 e. The van der Waals surface area contributed by atoms with Crippen LogP contribution in [0.3, 0.4) is 0 Å². The van der Waals surface area contributed by atoms with Crippen LogP contribution in [0.25, 0.3) is 11.0 Å². The molecule has 0 bridgehead atoms. The fraction of sp³-hybridized carbons (Fsp3) is 0.190. The van der Waals surface area contributed by atoms with E-state index in [-0.39, 0.29) is 5.91 Å². The second-order valence-corrected chi connectivity index (χ2v) is 8.69. The molecule has 2 aromatic carbocycles. The third-order valence-corrected chi connectivity index (χ3v) is 6.45. The first-order chi connectivity index (χ1) is 14.0. The highest BCUT2D eigenvalue weighted by Crippen LogP contribution is 2.33. The number of halogens is 1. The molecule has 0 radical (unpaired) electrons. The number of aryl methyl sites for hydroxylation is 1. The Morgan fingerprint density at radius 3 is 2.86 bits per heavy atom. The van der Waals surface area contributed by atoms with Gasteiger partial charge in [-0.15, -0.1) is 11.3 Å². The molecule has 0 saturated carbocycles. The van der Waals surface area contributed by atoms with Gasteiger partial charge in [-0.1, -0.05) is 48.5 Å². The molecule has 2 heterocycles. The summed E-state index contributed by atoms with van der Waals surface area (Å²) in [5, 5.41) is 4.17. The minimum Gasteiger partial charge on any atom is -0.333 e. The minimum atomic E-state index is -0.0476. The summed E-state index contributed by atoms with van der Waals surface area (Å²) in [5.41, 5.74) is 4.72. The van der Waals surface area contributed by atoms with Gasteiger partial charge in [-0.25, -0.2) is 9.97 Å². The van der Waals surface area contributed by atoms with E-state index in [1.807, 2.05) is 47.8 Å². The number of hydrogen-bond donors (Lipinski definition) is 1. The van der Waals surface area contributed by atoms with Gasteiger partial charge in [0.15, 0.2) is 10.3 Å². The van der Waals surface area contributed by atoms with Crippen LogP contribution in [0.2, 0.25) is 5.02 Å². The average molecular weight is 443 g/mol. The number of benzene rings is 2. The Morgan fingerprint density at radius 2 is 2.07 bits per heavy atom. The monoisotopic (exact) mass is 442 g/mol. The summed E-state index contributed by atoms with van der Waals surface area (Å²) >= 11 is 9.08. The lowest BCUT2D eigenvalue weighted by atomic mass is 10.1. The van der Waals surface area contributed by atoms with Crippen molar-refractivity contribution >= 4 is 62.5 Å². The van der Waals surface area contributed by atoms with Crippen LogP contribution in [-0.4, -0.2) is 20.9 Å². The Morgan fingerprint density at radius 1 is 1.24 bits per heavy atom. The molecule has 1 N–H and O–H groups in total. The molecule has 1 amide bonds. The average Bonchev–Trinajstić information content (AvgIpc) is 3.33. The van der Waals surface area contributed by atoms with Gasteiger partial charge in [0.05, 0.1) is 22.4 Å². The fourth-order valence-corrected chi connectivity index (χ4v) is 5.00. The number of para-hydroxylation sites is 1. The van der Waals surface area contributed by atoms with E-state index in [1.165, 1.54) is 11.3 Å². The first-order valence-corrected chi connectivity index (χ1v) is 11.4. The van der Waals surface area contributed by atoms with Gasteiger partial charge in [-0.2, -0.15) is 0 Å². The molecular weight excluding hydrogens is 424 g/mol. The normalized spacial score (nSPS) is 11.1. The molecule has 0 atom stereocenters. The van der Waals surface area contributed by atoms with Crippen LogP contribution in [-0.2, 0) is 17.0 Å². The van der Waals surface area contributed by atoms with Gasteiger partial charge in [0.25, 0.3) is 0 Å². The minimum absolute atomic E-state index is 0.0476. The van der Waals surface area contributed by atoms with Gasteiger partial charge in [0, 0.05) is 23.1 Å². The molecule has 2 aromatic heterocycles. The number of thiazole rings is 1. The van der Waals surface area contributed by atoms with E-state index < -0.39 is 0 Å². The first-order valence-electron chi connectivity index (χ1n) is 9.16. The van der Waals surface area contributed by atoms with Gasteiger partial charge in [-0.3, -0.25) is 9.69 Å². The zero-order valence-corrected chi connectivity index (χ0v) is 18.4. The number of fused-ring (bicyclic) bond motifs is 1. The van der Waals surface area contributed by atoms with E-state index in [2.05, 4.69) is 16.9 Å². The fourth-order valence-electron chi connectivity index (χ4n) is 3.07. The van der Waals surface area contributed by atoms with Crippen LogP contribution in [0.15, 0.2) is 53.0 Å². The molecule has 0 fully saturated rings. The summed E-state index contributed by atoms with van der Waals surface area (Å²) in [6.07, 6.45) is 0.851. The zero-order valence-electron chi connectivity index (χ0n) is 16.0. The van der Waals surface area contributed by atoms with E-state index in [9.17, 15) is 4.79 Å². The Bertz CT molecular complexity index is 1170. The highest BCUT2D eigenvalue weighted by atomic mass is 35.5. The molecule has 0 unspecified atom stereocenters. The molecule has 5 nitrogen and oxygen atoms in total. The summed E-state index contributed by atoms with van der Waals surface area (Å²) in [7, 11) is 0. The van der Waals surface area contributed by atoms with Gasteiger partial charge in [0.1, 0.15) is 0 Å². The molecule has 0 aliphatic carbocycles. The smallest absolute Gasteiger partial charge is 0.230 e. The van der Waals surface area contributed by atoms with Crippen LogP contribution < -0.4 is 4.90 Å². The maximum absolute atomic E-state index is 12.4. The summed E-state index contributed by atoms with van der Waals surface area (Å²) in [4.78, 5) is 26.6.